The lowest BCUT2D eigenvalue weighted by Gasteiger charge is -2.08. The predicted octanol–water partition coefficient (Wildman–Crippen LogP) is 0.728. The van der Waals surface area contributed by atoms with E-state index in [0.717, 1.165) is 21.3 Å². The predicted molar refractivity (Wildman–Crippen MR) is 56.5 cm³/mol. The molecule has 1 aliphatic carbocycles. The van der Waals surface area contributed by atoms with Gasteiger partial charge in [0.15, 0.2) is 0 Å². The molecule has 78 valence electrons. The van der Waals surface area contributed by atoms with E-state index in [9.17, 15) is 5.21 Å². The van der Waals surface area contributed by atoms with Crippen molar-refractivity contribution >= 4 is 5.69 Å². The van der Waals surface area contributed by atoms with Crippen LogP contribution in [-0.2, 0) is 0 Å². The van der Waals surface area contributed by atoms with E-state index >= 15 is 0 Å². The Morgan fingerprint density at radius 1 is 1.47 bits per heavy atom. The Bertz CT molecular complexity index is 518. The SMILES string of the molecule is CCN=c1ccc(N)c2cnn(O)cc1-2. The highest BCUT2D eigenvalue weighted by Gasteiger charge is 2.08. The zero-order valence-corrected chi connectivity index (χ0v) is 8.38. The molecule has 1 heterocycles. The molecule has 0 amide bonds. The Hall–Kier alpha value is -2.04. The van der Waals surface area contributed by atoms with Crippen LogP contribution < -0.4 is 11.1 Å². The Morgan fingerprint density at radius 3 is 3.00 bits per heavy atom. The van der Waals surface area contributed by atoms with Gasteiger partial charge in [0, 0.05) is 23.4 Å². The fraction of sp³-hybridized carbons (Fsp3) is 0.200. The molecule has 0 bridgehead atoms. The van der Waals surface area contributed by atoms with Crippen molar-refractivity contribution in [2.75, 3.05) is 12.3 Å². The molecule has 0 aromatic carbocycles. The van der Waals surface area contributed by atoms with Crippen molar-refractivity contribution in [1.82, 2.24) is 9.94 Å². The number of fused-ring (bicyclic) bond motifs is 1. The third-order valence-corrected chi connectivity index (χ3v) is 2.18. The molecule has 0 aromatic rings. The minimum atomic E-state index is 0.633. The molecule has 0 saturated heterocycles. The maximum atomic E-state index is 9.24. The average molecular weight is 204 g/mol. The smallest absolute Gasteiger partial charge is 0.0749 e. The standard InChI is InChI=1S/C10H12N4O/c1-2-12-10-4-3-9(11)7-5-13-14(15)6-8(7)10/h3-6,15H,2,11H2,1H3. The fourth-order valence-corrected chi connectivity index (χ4v) is 1.50. The molecule has 0 saturated carbocycles. The summed E-state index contributed by atoms with van der Waals surface area (Å²) in [6.45, 7) is 2.64. The van der Waals surface area contributed by atoms with Crippen LogP contribution in [0.15, 0.2) is 29.5 Å². The second-order valence-corrected chi connectivity index (χ2v) is 3.17. The van der Waals surface area contributed by atoms with Crippen LogP contribution in [0.2, 0.25) is 0 Å². The van der Waals surface area contributed by atoms with Gasteiger partial charge in [-0.3, -0.25) is 4.99 Å². The molecule has 0 fully saturated rings. The summed E-state index contributed by atoms with van der Waals surface area (Å²) in [7, 11) is 0. The van der Waals surface area contributed by atoms with Crippen LogP contribution in [0.4, 0.5) is 5.69 Å². The molecular formula is C10H12N4O. The summed E-state index contributed by atoms with van der Waals surface area (Å²) >= 11 is 0. The van der Waals surface area contributed by atoms with E-state index in [1.54, 1.807) is 6.07 Å². The van der Waals surface area contributed by atoms with Crippen molar-refractivity contribution in [3.63, 3.8) is 0 Å². The van der Waals surface area contributed by atoms with Crippen molar-refractivity contribution in [2.45, 2.75) is 6.92 Å². The Morgan fingerprint density at radius 2 is 2.27 bits per heavy atom. The first kappa shape index (κ1) is 9.51. The van der Waals surface area contributed by atoms with Crippen LogP contribution in [0.3, 0.4) is 0 Å². The number of rotatable bonds is 1. The highest BCUT2D eigenvalue weighted by atomic mass is 16.5. The molecule has 0 atom stereocenters. The lowest BCUT2D eigenvalue weighted by atomic mass is 10.1. The van der Waals surface area contributed by atoms with Crippen LogP contribution in [0.5, 0.6) is 0 Å². The molecule has 15 heavy (non-hydrogen) atoms. The summed E-state index contributed by atoms with van der Waals surface area (Å²) in [4.78, 5) is 5.07. The molecule has 0 aromatic heterocycles. The van der Waals surface area contributed by atoms with Crippen LogP contribution >= 0.6 is 0 Å². The van der Waals surface area contributed by atoms with Gasteiger partial charge in [0.05, 0.1) is 17.8 Å². The zero-order chi connectivity index (χ0) is 10.8. The quantitative estimate of drug-likeness (QED) is 0.531. The van der Waals surface area contributed by atoms with E-state index in [2.05, 4.69) is 10.1 Å². The van der Waals surface area contributed by atoms with Gasteiger partial charge in [-0.15, -0.1) is 9.94 Å². The molecule has 3 N–H and O–H groups in total. The number of benzene rings is 1. The van der Waals surface area contributed by atoms with Gasteiger partial charge >= 0.3 is 0 Å². The highest BCUT2D eigenvalue weighted by molar-refractivity contribution is 5.75. The lowest BCUT2D eigenvalue weighted by Crippen LogP contribution is -2.12. The minimum absolute atomic E-state index is 0.633. The number of nitrogen functional groups attached to an aromatic ring is 1. The van der Waals surface area contributed by atoms with Gasteiger partial charge in [0.1, 0.15) is 0 Å². The molecule has 0 unspecified atom stereocenters. The highest BCUT2D eigenvalue weighted by Crippen LogP contribution is 2.21. The van der Waals surface area contributed by atoms with E-state index in [-0.39, 0.29) is 0 Å². The third-order valence-electron chi connectivity index (χ3n) is 2.18. The normalized spacial score (nSPS) is 12.2. The summed E-state index contributed by atoms with van der Waals surface area (Å²) in [6.07, 6.45) is 3.03. The Kier molecular flexibility index (Phi) is 2.29. The lowest BCUT2D eigenvalue weighted by molar-refractivity contribution is 0.144. The van der Waals surface area contributed by atoms with Crippen molar-refractivity contribution in [3.8, 4) is 11.1 Å². The van der Waals surface area contributed by atoms with Crippen molar-refractivity contribution in [1.29, 1.82) is 0 Å². The molecule has 1 aliphatic heterocycles. The molecule has 2 aliphatic rings. The monoisotopic (exact) mass is 204 g/mol. The largest absolute Gasteiger partial charge is 0.412 e. The molecule has 0 radical (unpaired) electrons. The van der Waals surface area contributed by atoms with Gasteiger partial charge in [-0.2, -0.15) is 0 Å². The number of hydrogen-bond acceptors (Lipinski definition) is 4. The van der Waals surface area contributed by atoms with E-state index in [1.807, 2.05) is 13.0 Å². The Labute approximate surface area is 86.8 Å². The fourth-order valence-electron chi connectivity index (χ4n) is 1.50. The zero-order valence-electron chi connectivity index (χ0n) is 8.38. The minimum Gasteiger partial charge on any atom is -0.412 e. The first-order chi connectivity index (χ1) is 7.22. The number of hydrogen-bond donors (Lipinski definition) is 2. The van der Waals surface area contributed by atoms with Crippen LogP contribution in [0.1, 0.15) is 6.92 Å². The van der Waals surface area contributed by atoms with Crippen LogP contribution in [0, 0.1) is 0 Å². The van der Waals surface area contributed by atoms with Gasteiger partial charge in [0.25, 0.3) is 0 Å². The second-order valence-electron chi connectivity index (χ2n) is 3.17. The molecule has 5 nitrogen and oxygen atoms in total. The molecule has 5 heteroatoms. The van der Waals surface area contributed by atoms with Gasteiger partial charge in [-0.25, -0.2) is 0 Å². The summed E-state index contributed by atoms with van der Waals surface area (Å²) in [5.74, 6) is 0. The molecule has 0 spiro atoms. The first-order valence-electron chi connectivity index (χ1n) is 4.69. The maximum Gasteiger partial charge on any atom is 0.0749 e. The summed E-state index contributed by atoms with van der Waals surface area (Å²) < 4.78 is 0. The number of nitrogens with zero attached hydrogens (tertiary/aromatic N) is 3. The number of aromatic nitrogens is 2. The summed E-state index contributed by atoms with van der Waals surface area (Å²) in [6, 6.07) is 3.63. The van der Waals surface area contributed by atoms with Gasteiger partial charge in [0.2, 0.25) is 0 Å². The van der Waals surface area contributed by atoms with E-state index < -0.39 is 0 Å². The number of nitrogens with two attached hydrogens (primary N) is 1. The third kappa shape index (κ3) is 1.63. The van der Waals surface area contributed by atoms with E-state index in [4.69, 9.17) is 5.73 Å². The first-order valence-corrected chi connectivity index (χ1v) is 4.69. The summed E-state index contributed by atoms with van der Waals surface area (Å²) in [5.41, 5.74) is 8.03. The average Bonchev–Trinajstić information content (AvgIpc) is 2.22. The van der Waals surface area contributed by atoms with E-state index in [0.29, 0.717) is 12.2 Å². The van der Waals surface area contributed by atoms with Gasteiger partial charge < -0.3 is 10.9 Å². The summed E-state index contributed by atoms with van der Waals surface area (Å²) in [5, 5.41) is 13.8. The van der Waals surface area contributed by atoms with E-state index in [1.165, 1.54) is 12.4 Å². The van der Waals surface area contributed by atoms with Gasteiger partial charge in [-0.1, -0.05) is 0 Å². The van der Waals surface area contributed by atoms with Crippen molar-refractivity contribution < 1.29 is 5.21 Å². The Balaban J connectivity index is 2.82. The van der Waals surface area contributed by atoms with Crippen LogP contribution in [-0.4, -0.2) is 21.7 Å². The van der Waals surface area contributed by atoms with Crippen LogP contribution in [0.25, 0.3) is 11.1 Å². The topological polar surface area (TPSA) is 76.4 Å². The second kappa shape index (κ2) is 3.61. The maximum absolute atomic E-state index is 9.24. The molecule has 2 rings (SSSR count). The van der Waals surface area contributed by atoms with Crippen molar-refractivity contribution in [2.24, 2.45) is 4.99 Å². The number of anilines is 1. The van der Waals surface area contributed by atoms with Crippen molar-refractivity contribution in [3.05, 3.63) is 29.9 Å². The van der Waals surface area contributed by atoms with Gasteiger partial charge in [-0.05, 0) is 19.1 Å². The molecular weight excluding hydrogens is 192 g/mol.